The van der Waals surface area contributed by atoms with Gasteiger partial charge >= 0.3 is 0 Å². The van der Waals surface area contributed by atoms with Crippen LogP contribution in [0.3, 0.4) is 0 Å². The predicted molar refractivity (Wildman–Crippen MR) is 101 cm³/mol. The van der Waals surface area contributed by atoms with Crippen molar-refractivity contribution < 1.29 is 19.5 Å². The van der Waals surface area contributed by atoms with Gasteiger partial charge in [-0.25, -0.2) is 0 Å². The molecule has 1 aromatic rings. The van der Waals surface area contributed by atoms with E-state index in [0.717, 1.165) is 11.5 Å². The van der Waals surface area contributed by atoms with Crippen LogP contribution < -0.4 is 10.6 Å². The number of nitrogens with zero attached hydrogens (tertiary/aromatic N) is 2. The van der Waals surface area contributed by atoms with Gasteiger partial charge in [0.05, 0.1) is 30.3 Å². The fraction of sp³-hybridized carbons (Fsp3) is 0.368. The molecule has 3 N–H and O–H groups in total. The number of Topliss-reactive ketones (excluding diaryl/α,β-unsaturated/α-hetero) is 1. The van der Waals surface area contributed by atoms with Crippen molar-refractivity contribution in [2.24, 2.45) is 0 Å². The van der Waals surface area contributed by atoms with Gasteiger partial charge in [0.15, 0.2) is 11.5 Å². The lowest BCUT2D eigenvalue weighted by molar-refractivity contribution is -0.116. The van der Waals surface area contributed by atoms with Gasteiger partial charge in [-0.15, -0.1) is 5.06 Å². The van der Waals surface area contributed by atoms with Crippen molar-refractivity contribution in [3.8, 4) is 5.75 Å². The van der Waals surface area contributed by atoms with Gasteiger partial charge in [0.2, 0.25) is 0 Å². The molecule has 8 heteroatoms. The van der Waals surface area contributed by atoms with Gasteiger partial charge in [0.1, 0.15) is 11.5 Å². The Balaban J connectivity index is 1.78. The lowest BCUT2D eigenvalue weighted by atomic mass is 9.97. The summed E-state index contributed by atoms with van der Waals surface area (Å²) >= 11 is 0. The maximum absolute atomic E-state index is 12.2. The molecule has 0 aromatic heterocycles. The zero-order valence-corrected chi connectivity index (χ0v) is 15.9. The van der Waals surface area contributed by atoms with Gasteiger partial charge in [-0.2, -0.15) is 0 Å². The Hall–Kier alpha value is -3.00. The third-order valence-electron chi connectivity index (χ3n) is 4.48. The number of allylic oxidation sites excluding steroid dienone is 2. The zero-order valence-electron chi connectivity index (χ0n) is 15.9. The number of hydrogen-bond acceptors (Lipinski definition) is 7. The van der Waals surface area contributed by atoms with Crippen molar-refractivity contribution in [2.75, 3.05) is 33.0 Å². The lowest BCUT2D eigenvalue weighted by Gasteiger charge is -2.28. The van der Waals surface area contributed by atoms with E-state index in [1.54, 1.807) is 37.4 Å². The molecule has 27 heavy (non-hydrogen) atoms. The molecule has 0 saturated carbocycles. The van der Waals surface area contributed by atoms with E-state index in [-0.39, 0.29) is 35.5 Å². The van der Waals surface area contributed by atoms with Crippen molar-refractivity contribution in [1.82, 2.24) is 15.3 Å². The highest BCUT2D eigenvalue weighted by Crippen LogP contribution is 2.32. The quantitative estimate of drug-likeness (QED) is 0.650. The number of likely N-dealkylation sites (N-methyl/N-ethyl adjacent to an activating group) is 1. The molecule has 0 radical (unpaired) electrons. The number of aromatic hydroxyl groups is 1. The number of carbonyl (C=O) groups excluding carboxylic acids is 2. The number of amides is 1. The van der Waals surface area contributed by atoms with Gasteiger partial charge < -0.3 is 25.5 Å². The summed E-state index contributed by atoms with van der Waals surface area (Å²) < 4.78 is 0. The molecule has 1 aliphatic carbocycles. The minimum Gasteiger partial charge on any atom is -0.505 e. The Kier molecular flexibility index (Phi) is 5.09. The molecule has 1 heterocycles. The summed E-state index contributed by atoms with van der Waals surface area (Å²) in [7, 11) is 5.07. The molecule has 0 fully saturated rings. The van der Waals surface area contributed by atoms with E-state index in [2.05, 4.69) is 10.6 Å². The fourth-order valence-corrected chi connectivity index (χ4v) is 2.92. The highest BCUT2D eigenvalue weighted by atomic mass is 16.7. The molecule has 2 aliphatic rings. The standard InChI is InChI=1S/C19H24N4O4/c1-11(16-8-9-23(4)27-16)20-14-10-15(24)17(14)21-13-7-5-6-12(18(13)25)19(26)22(2)3/h5-8,11,20-21,25H,9-10H2,1-4H3. The normalized spacial score (nSPS) is 17.8. The second-order valence-electron chi connectivity index (χ2n) is 6.85. The first-order valence-corrected chi connectivity index (χ1v) is 8.70. The highest BCUT2D eigenvalue weighted by Gasteiger charge is 2.31. The maximum atomic E-state index is 12.2. The average molecular weight is 372 g/mol. The molecular weight excluding hydrogens is 348 g/mol. The van der Waals surface area contributed by atoms with E-state index in [4.69, 9.17) is 4.84 Å². The van der Waals surface area contributed by atoms with Gasteiger partial charge in [-0.05, 0) is 25.1 Å². The minimum absolute atomic E-state index is 0.0631. The minimum atomic E-state index is -0.313. The largest absolute Gasteiger partial charge is 0.505 e. The van der Waals surface area contributed by atoms with Crippen LogP contribution in [-0.4, -0.2) is 60.5 Å². The van der Waals surface area contributed by atoms with Gasteiger partial charge in [-0.3, -0.25) is 9.59 Å². The molecule has 1 aromatic carbocycles. The Morgan fingerprint density at radius 3 is 2.70 bits per heavy atom. The van der Waals surface area contributed by atoms with E-state index in [0.29, 0.717) is 17.9 Å². The first-order valence-electron chi connectivity index (χ1n) is 8.70. The number of hydrogen-bond donors (Lipinski definition) is 3. The van der Waals surface area contributed by atoms with E-state index in [1.165, 1.54) is 4.90 Å². The number of phenols is 1. The van der Waals surface area contributed by atoms with Gasteiger partial charge in [-0.1, -0.05) is 6.07 Å². The second kappa shape index (κ2) is 7.32. The van der Waals surface area contributed by atoms with Crippen LogP contribution in [0, 0.1) is 0 Å². The Morgan fingerprint density at radius 1 is 1.37 bits per heavy atom. The van der Waals surface area contributed by atoms with Crippen molar-refractivity contribution in [3.05, 3.63) is 47.0 Å². The topological polar surface area (TPSA) is 94.1 Å². The number of hydroxylamine groups is 2. The molecule has 0 spiro atoms. The summed E-state index contributed by atoms with van der Waals surface area (Å²) in [5, 5.41) is 18.4. The molecule has 1 unspecified atom stereocenters. The Labute approximate surface area is 158 Å². The smallest absolute Gasteiger partial charge is 0.257 e. The first kappa shape index (κ1) is 18.8. The number of ketones is 1. The molecule has 0 saturated heterocycles. The first-order chi connectivity index (χ1) is 12.8. The van der Waals surface area contributed by atoms with Crippen LogP contribution in [0.4, 0.5) is 5.69 Å². The zero-order chi connectivity index (χ0) is 19.7. The highest BCUT2D eigenvalue weighted by molar-refractivity contribution is 6.07. The van der Waals surface area contributed by atoms with E-state index in [1.807, 2.05) is 20.0 Å². The summed E-state index contributed by atoms with van der Waals surface area (Å²) in [5.41, 5.74) is 1.62. The number of phenolic OH excluding ortho intramolecular Hbond substituents is 1. The molecule has 1 amide bonds. The van der Waals surface area contributed by atoms with Crippen LogP contribution in [0.2, 0.25) is 0 Å². The van der Waals surface area contributed by atoms with Crippen LogP contribution in [0.1, 0.15) is 23.7 Å². The molecule has 8 nitrogen and oxygen atoms in total. The predicted octanol–water partition coefficient (Wildman–Crippen LogP) is 1.43. The monoisotopic (exact) mass is 372 g/mol. The lowest BCUT2D eigenvalue weighted by Crippen LogP contribution is -2.38. The van der Waals surface area contributed by atoms with E-state index < -0.39 is 0 Å². The third-order valence-corrected chi connectivity index (χ3v) is 4.48. The van der Waals surface area contributed by atoms with Crippen LogP contribution >= 0.6 is 0 Å². The van der Waals surface area contributed by atoms with Crippen molar-refractivity contribution in [3.63, 3.8) is 0 Å². The summed E-state index contributed by atoms with van der Waals surface area (Å²) in [4.78, 5) is 31.2. The summed E-state index contributed by atoms with van der Waals surface area (Å²) in [5.74, 6) is 0.239. The van der Waals surface area contributed by atoms with Crippen molar-refractivity contribution >= 4 is 17.4 Å². The molecule has 0 bridgehead atoms. The van der Waals surface area contributed by atoms with E-state index >= 15 is 0 Å². The number of para-hydroxylation sites is 1. The van der Waals surface area contributed by atoms with Gasteiger partial charge in [0, 0.05) is 26.8 Å². The fourth-order valence-electron chi connectivity index (χ4n) is 2.92. The number of rotatable bonds is 6. The summed E-state index contributed by atoms with van der Waals surface area (Å²) in [6.07, 6.45) is 2.26. The number of benzene rings is 1. The summed E-state index contributed by atoms with van der Waals surface area (Å²) in [6, 6.07) is 4.73. The number of carbonyl (C=O) groups is 2. The van der Waals surface area contributed by atoms with Crippen LogP contribution in [0.15, 0.2) is 41.4 Å². The SMILES string of the molecule is CC(NC1=C(Nc2cccc(C(=O)N(C)C)c2O)C(=O)C1)C1=CCN(C)O1. The van der Waals surface area contributed by atoms with Crippen LogP contribution in [0.5, 0.6) is 5.75 Å². The van der Waals surface area contributed by atoms with Crippen LogP contribution in [0.25, 0.3) is 0 Å². The maximum Gasteiger partial charge on any atom is 0.257 e. The average Bonchev–Trinajstić information content (AvgIpc) is 3.06. The Morgan fingerprint density at radius 2 is 2.11 bits per heavy atom. The Bertz CT molecular complexity index is 844. The van der Waals surface area contributed by atoms with Crippen molar-refractivity contribution in [2.45, 2.75) is 19.4 Å². The molecule has 1 aliphatic heterocycles. The molecule has 3 rings (SSSR count). The third kappa shape index (κ3) is 3.75. The number of anilines is 1. The van der Waals surface area contributed by atoms with Crippen molar-refractivity contribution in [1.29, 1.82) is 0 Å². The molecule has 1 atom stereocenters. The summed E-state index contributed by atoms with van der Waals surface area (Å²) in [6.45, 7) is 2.66. The molecule has 144 valence electrons. The number of nitrogens with one attached hydrogen (secondary N) is 2. The van der Waals surface area contributed by atoms with Gasteiger partial charge in [0.25, 0.3) is 5.91 Å². The van der Waals surface area contributed by atoms with Crippen LogP contribution in [-0.2, 0) is 9.63 Å². The molecular formula is C19H24N4O4. The van der Waals surface area contributed by atoms with E-state index in [9.17, 15) is 14.7 Å². The second-order valence-corrected chi connectivity index (χ2v) is 6.85.